The summed E-state index contributed by atoms with van der Waals surface area (Å²) in [5, 5.41) is 1.64. The van der Waals surface area contributed by atoms with Crippen molar-refractivity contribution in [3.05, 3.63) is 69.7 Å². The van der Waals surface area contributed by atoms with E-state index < -0.39 is 0 Å². The monoisotopic (exact) mass is 354 g/mol. The Morgan fingerprint density at radius 3 is 2.56 bits per heavy atom. The van der Waals surface area contributed by atoms with Crippen molar-refractivity contribution >= 4 is 28.2 Å². The van der Waals surface area contributed by atoms with E-state index in [-0.39, 0.29) is 5.56 Å². The molecule has 1 N–H and O–H groups in total. The summed E-state index contributed by atoms with van der Waals surface area (Å²) in [5.74, 6) is 0. The molecular formula is C19H19ClN4O. The lowest BCUT2D eigenvalue weighted by Gasteiger charge is -2.35. The molecule has 5 nitrogen and oxygen atoms in total. The van der Waals surface area contributed by atoms with Crippen molar-refractivity contribution in [3.8, 4) is 0 Å². The number of piperazine rings is 1. The quantitative estimate of drug-likeness (QED) is 0.785. The Morgan fingerprint density at radius 1 is 1.04 bits per heavy atom. The average molecular weight is 355 g/mol. The summed E-state index contributed by atoms with van der Waals surface area (Å²) in [6.45, 7) is 4.43. The van der Waals surface area contributed by atoms with Gasteiger partial charge in [-0.2, -0.15) is 0 Å². The number of benzene rings is 1. The number of fused-ring (bicyclic) bond motifs is 1. The molecule has 0 amide bonds. The zero-order valence-corrected chi connectivity index (χ0v) is 14.5. The van der Waals surface area contributed by atoms with Crippen molar-refractivity contribution in [2.24, 2.45) is 0 Å². The number of hydrogen-bond donors (Lipinski definition) is 1. The predicted molar refractivity (Wildman–Crippen MR) is 101 cm³/mol. The highest BCUT2D eigenvalue weighted by molar-refractivity contribution is 6.31. The summed E-state index contributed by atoms with van der Waals surface area (Å²) in [4.78, 5) is 24.0. The highest BCUT2D eigenvalue weighted by Gasteiger charge is 2.18. The molecule has 1 saturated heterocycles. The van der Waals surface area contributed by atoms with E-state index >= 15 is 0 Å². The lowest BCUT2D eigenvalue weighted by Crippen LogP contribution is -2.46. The molecule has 4 rings (SSSR count). The molecule has 6 heteroatoms. The van der Waals surface area contributed by atoms with Crippen molar-refractivity contribution in [2.75, 3.05) is 31.1 Å². The molecule has 0 unspecified atom stereocenters. The average Bonchev–Trinajstić information content (AvgIpc) is 2.64. The normalized spacial score (nSPS) is 15.6. The summed E-state index contributed by atoms with van der Waals surface area (Å²) < 4.78 is 0. The minimum absolute atomic E-state index is 0.0358. The first-order valence-electron chi connectivity index (χ1n) is 8.38. The number of halogens is 1. The maximum Gasteiger partial charge on any atom is 0.252 e. The van der Waals surface area contributed by atoms with Crippen molar-refractivity contribution in [3.63, 3.8) is 0 Å². The van der Waals surface area contributed by atoms with Crippen LogP contribution in [-0.4, -0.2) is 41.0 Å². The first-order valence-corrected chi connectivity index (χ1v) is 8.76. The maximum atomic E-state index is 12.4. The van der Waals surface area contributed by atoms with E-state index in [9.17, 15) is 4.79 Å². The van der Waals surface area contributed by atoms with Gasteiger partial charge in [-0.15, -0.1) is 0 Å². The van der Waals surface area contributed by atoms with Gasteiger partial charge in [0.2, 0.25) is 0 Å². The first kappa shape index (κ1) is 16.1. The molecule has 1 aliphatic heterocycles. The minimum Gasteiger partial charge on any atom is -0.369 e. The number of H-pyrrole nitrogens is 1. The van der Waals surface area contributed by atoms with Gasteiger partial charge in [-0.05, 0) is 35.7 Å². The van der Waals surface area contributed by atoms with Crippen LogP contribution in [0.25, 0.3) is 10.9 Å². The van der Waals surface area contributed by atoms with Gasteiger partial charge in [0.15, 0.2) is 0 Å². The van der Waals surface area contributed by atoms with Gasteiger partial charge in [0.1, 0.15) is 0 Å². The molecule has 1 fully saturated rings. The van der Waals surface area contributed by atoms with E-state index in [0.717, 1.165) is 42.6 Å². The van der Waals surface area contributed by atoms with Crippen LogP contribution >= 0.6 is 11.6 Å². The van der Waals surface area contributed by atoms with Crippen molar-refractivity contribution < 1.29 is 0 Å². The second-order valence-electron chi connectivity index (χ2n) is 6.32. The highest BCUT2D eigenvalue weighted by atomic mass is 35.5. The van der Waals surface area contributed by atoms with Crippen LogP contribution in [0, 0.1) is 0 Å². The molecule has 3 heterocycles. The minimum atomic E-state index is -0.0358. The van der Waals surface area contributed by atoms with E-state index in [4.69, 9.17) is 11.6 Å². The molecule has 2 aromatic heterocycles. The fourth-order valence-electron chi connectivity index (χ4n) is 3.30. The molecule has 1 aromatic carbocycles. The van der Waals surface area contributed by atoms with Gasteiger partial charge in [0.25, 0.3) is 5.56 Å². The van der Waals surface area contributed by atoms with Crippen LogP contribution in [0.3, 0.4) is 0 Å². The fourth-order valence-corrected chi connectivity index (χ4v) is 3.47. The largest absolute Gasteiger partial charge is 0.369 e. The van der Waals surface area contributed by atoms with Gasteiger partial charge in [-0.1, -0.05) is 17.7 Å². The van der Waals surface area contributed by atoms with Crippen molar-refractivity contribution in [1.82, 2.24) is 14.9 Å². The van der Waals surface area contributed by atoms with Crippen LogP contribution in [0.15, 0.2) is 53.6 Å². The van der Waals surface area contributed by atoms with Crippen molar-refractivity contribution in [1.29, 1.82) is 0 Å². The molecule has 0 spiro atoms. The number of aromatic amines is 1. The number of anilines is 1. The van der Waals surface area contributed by atoms with Gasteiger partial charge < -0.3 is 9.88 Å². The van der Waals surface area contributed by atoms with Crippen molar-refractivity contribution in [2.45, 2.75) is 6.54 Å². The molecule has 0 radical (unpaired) electrons. The van der Waals surface area contributed by atoms with E-state index in [1.165, 1.54) is 5.69 Å². The Kier molecular flexibility index (Phi) is 4.42. The second kappa shape index (κ2) is 6.86. The Balaban J connectivity index is 1.46. The lowest BCUT2D eigenvalue weighted by atomic mass is 10.1. The topological polar surface area (TPSA) is 52.2 Å². The molecule has 0 bridgehead atoms. The van der Waals surface area contributed by atoms with E-state index in [1.54, 1.807) is 6.07 Å². The highest BCUT2D eigenvalue weighted by Crippen LogP contribution is 2.19. The Morgan fingerprint density at radius 2 is 1.80 bits per heavy atom. The Bertz CT molecular complexity index is 933. The van der Waals surface area contributed by atoms with E-state index in [0.29, 0.717) is 11.6 Å². The molecule has 25 heavy (non-hydrogen) atoms. The van der Waals surface area contributed by atoms with Crippen LogP contribution < -0.4 is 10.5 Å². The fraction of sp³-hybridized carbons (Fsp3) is 0.263. The zero-order valence-electron chi connectivity index (χ0n) is 13.8. The first-order chi connectivity index (χ1) is 12.2. The number of pyridine rings is 2. The van der Waals surface area contributed by atoms with Crippen LogP contribution in [0.2, 0.25) is 5.02 Å². The second-order valence-corrected chi connectivity index (χ2v) is 6.76. The van der Waals surface area contributed by atoms with Gasteiger partial charge in [0.05, 0.1) is 0 Å². The molecular weight excluding hydrogens is 336 g/mol. The summed E-state index contributed by atoms with van der Waals surface area (Å²) in [6.07, 6.45) is 3.64. The third-order valence-electron chi connectivity index (χ3n) is 4.68. The smallest absolute Gasteiger partial charge is 0.252 e. The summed E-state index contributed by atoms with van der Waals surface area (Å²) in [6, 6.07) is 11.6. The lowest BCUT2D eigenvalue weighted by molar-refractivity contribution is 0.249. The summed E-state index contributed by atoms with van der Waals surface area (Å²) >= 11 is 5.99. The van der Waals surface area contributed by atoms with Gasteiger partial charge in [0, 0.05) is 66.9 Å². The van der Waals surface area contributed by atoms with E-state index in [1.807, 2.05) is 42.7 Å². The molecule has 0 atom stereocenters. The van der Waals surface area contributed by atoms with Gasteiger partial charge >= 0.3 is 0 Å². The third-order valence-corrected chi connectivity index (χ3v) is 4.91. The number of nitrogens with one attached hydrogen (secondary N) is 1. The third kappa shape index (κ3) is 3.52. The number of rotatable bonds is 3. The van der Waals surface area contributed by atoms with E-state index in [2.05, 4.69) is 19.8 Å². The molecule has 3 aromatic rings. The van der Waals surface area contributed by atoms with Crippen LogP contribution in [-0.2, 0) is 6.54 Å². The number of hydrogen-bond acceptors (Lipinski definition) is 4. The Hall–Kier alpha value is -2.37. The summed E-state index contributed by atoms with van der Waals surface area (Å²) in [5.41, 5.74) is 2.75. The molecule has 128 valence electrons. The van der Waals surface area contributed by atoms with Gasteiger partial charge in [-0.3, -0.25) is 14.7 Å². The zero-order chi connectivity index (χ0) is 17.2. The predicted octanol–water partition coefficient (Wildman–Crippen LogP) is 2.90. The molecule has 1 aliphatic rings. The summed E-state index contributed by atoms with van der Waals surface area (Å²) in [7, 11) is 0. The SMILES string of the molecule is O=c1[nH]c2cc(Cl)ccc2cc1CN1CCN(c2ccncc2)CC1. The number of nitrogens with zero attached hydrogens (tertiary/aromatic N) is 3. The Labute approximate surface area is 150 Å². The number of aromatic nitrogens is 2. The molecule has 0 saturated carbocycles. The standard InChI is InChI=1S/C19H19ClN4O/c20-16-2-1-14-11-15(19(25)22-18(14)12-16)13-23-7-9-24(10-8-23)17-3-5-21-6-4-17/h1-6,11-12H,7-10,13H2,(H,22,25). The van der Waals surface area contributed by atoms with Crippen LogP contribution in [0.1, 0.15) is 5.56 Å². The van der Waals surface area contributed by atoms with Gasteiger partial charge in [-0.25, -0.2) is 0 Å². The maximum absolute atomic E-state index is 12.4. The van der Waals surface area contributed by atoms with Crippen LogP contribution in [0.5, 0.6) is 0 Å². The van der Waals surface area contributed by atoms with Crippen LogP contribution in [0.4, 0.5) is 5.69 Å². The molecule has 0 aliphatic carbocycles.